The van der Waals surface area contributed by atoms with Crippen molar-refractivity contribution in [2.45, 2.75) is 86.0 Å². The summed E-state index contributed by atoms with van der Waals surface area (Å²) in [5.74, 6) is 8.27. The molecule has 356 valence electrons. The van der Waals surface area contributed by atoms with Crippen LogP contribution >= 0.6 is 17.0 Å². The van der Waals surface area contributed by atoms with E-state index in [-0.39, 0.29) is 20.3 Å². The van der Waals surface area contributed by atoms with E-state index in [1.54, 1.807) is 0 Å². The van der Waals surface area contributed by atoms with Crippen molar-refractivity contribution in [2.75, 3.05) is 0 Å². The van der Waals surface area contributed by atoms with Crippen LogP contribution in [0.5, 0.6) is 0 Å². The van der Waals surface area contributed by atoms with Crippen LogP contribution in [0.1, 0.15) is 97.1 Å². The molecular formula is C65H78Cl2Zr. The Morgan fingerprint density at radius 2 is 0.971 bits per heavy atom. The summed E-state index contributed by atoms with van der Waals surface area (Å²) in [6.07, 6.45) is 61.0. The molecule has 0 radical (unpaired) electrons. The first-order valence-corrected chi connectivity index (χ1v) is 31.3. The second-order valence-corrected chi connectivity index (χ2v) is 25.0. The zero-order chi connectivity index (χ0) is 46.3. The van der Waals surface area contributed by atoms with Gasteiger partial charge in [0, 0.05) is 11.3 Å². The summed E-state index contributed by atoms with van der Waals surface area (Å²) in [6.45, 7) is 14.2. The minimum atomic E-state index is -0.826. The Kier molecular flexibility index (Phi) is 19.5. The van der Waals surface area contributed by atoms with Gasteiger partial charge in [0.2, 0.25) is 0 Å². The average molecular weight is 1020 g/mol. The van der Waals surface area contributed by atoms with Gasteiger partial charge in [-0.15, -0.1) is 0 Å². The van der Waals surface area contributed by atoms with Crippen molar-refractivity contribution in [3.05, 3.63) is 231 Å². The van der Waals surface area contributed by atoms with Gasteiger partial charge in [0.25, 0.3) is 0 Å². The van der Waals surface area contributed by atoms with E-state index in [9.17, 15) is 0 Å². The zero-order valence-electron chi connectivity index (χ0n) is 42.2. The predicted molar refractivity (Wildman–Crippen MR) is 295 cm³/mol. The van der Waals surface area contributed by atoms with Crippen LogP contribution in [0, 0.1) is 84.9 Å². The third kappa shape index (κ3) is 11.5. The number of rotatable bonds is 4. The van der Waals surface area contributed by atoms with Gasteiger partial charge < -0.3 is 14.9 Å². The predicted octanol–water partition coefficient (Wildman–Crippen LogP) is 19.1. The summed E-state index contributed by atoms with van der Waals surface area (Å²) in [6, 6.07) is 17.8. The molecular weight excluding hydrogens is 943 g/mol. The molecule has 3 fully saturated rings. The standard InChI is InChI=1S/C21H28.C21H20.C13H14.C8H10.2CH3.2ClH.Zr/c2*1-21(2,15-9-3-4-10-15)20-18-13-7-5-11-16(18)17-12-6-8-14-19(17)20;1-3-7-12-10(5-1)9-11-6-2-4-8-13(11)12;1-7(2)8-5-3-4-6-8;;;;;/h5-8,11-20H,3-4,9-10H2,1-2H3;3,5-14,20H,4H2,1-2H3;1-8,10-13H,9H2;3-6H,1-2H3;2*1H3;2*1H;/q;;;;2*-1;;;+4/p-2. The van der Waals surface area contributed by atoms with Gasteiger partial charge in [0.1, 0.15) is 0 Å². The Morgan fingerprint density at radius 1 is 0.544 bits per heavy atom. The van der Waals surface area contributed by atoms with E-state index in [0.717, 1.165) is 65.6 Å². The Bertz CT molecular complexity index is 2300. The van der Waals surface area contributed by atoms with E-state index in [1.165, 1.54) is 71.1 Å². The summed E-state index contributed by atoms with van der Waals surface area (Å²) < 4.78 is 0. The fourth-order valence-corrected chi connectivity index (χ4v) is 13.7. The summed E-state index contributed by atoms with van der Waals surface area (Å²) in [5.41, 5.74) is 10.6. The number of benzene rings is 2. The van der Waals surface area contributed by atoms with E-state index in [4.69, 9.17) is 17.0 Å². The van der Waals surface area contributed by atoms with Crippen molar-refractivity contribution >= 4 is 17.0 Å². The van der Waals surface area contributed by atoms with Crippen LogP contribution in [-0.4, -0.2) is 0 Å². The van der Waals surface area contributed by atoms with Crippen molar-refractivity contribution < 1.29 is 20.8 Å². The molecule has 0 nitrogen and oxygen atoms in total. The van der Waals surface area contributed by atoms with Gasteiger partial charge in [-0.2, -0.15) is 0 Å². The van der Waals surface area contributed by atoms with Crippen molar-refractivity contribution in [3.8, 4) is 11.1 Å². The molecule has 12 rings (SSSR count). The van der Waals surface area contributed by atoms with Crippen LogP contribution < -0.4 is 0 Å². The van der Waals surface area contributed by atoms with Crippen LogP contribution in [0.25, 0.3) is 11.1 Å². The van der Waals surface area contributed by atoms with Gasteiger partial charge in [0.15, 0.2) is 0 Å². The molecule has 3 heteroatoms. The Hall–Kier alpha value is -3.48. The van der Waals surface area contributed by atoms with E-state index >= 15 is 0 Å². The third-order valence-electron chi connectivity index (χ3n) is 16.9. The molecule has 0 bridgehead atoms. The summed E-state index contributed by atoms with van der Waals surface area (Å²) in [4.78, 5) is 0. The molecule has 2 aromatic rings. The maximum absolute atomic E-state index is 4.93. The third-order valence-corrected chi connectivity index (χ3v) is 16.9. The number of hydrogen-bond donors (Lipinski definition) is 0. The molecule has 0 heterocycles. The fourth-order valence-electron chi connectivity index (χ4n) is 13.7. The van der Waals surface area contributed by atoms with Crippen LogP contribution in [0.15, 0.2) is 205 Å². The maximum atomic E-state index is 4.93. The van der Waals surface area contributed by atoms with Gasteiger partial charge in [-0.05, 0) is 138 Å². The van der Waals surface area contributed by atoms with E-state index in [2.05, 4.69) is 230 Å². The van der Waals surface area contributed by atoms with Crippen molar-refractivity contribution in [3.63, 3.8) is 0 Å². The first kappa shape index (κ1) is 53.9. The number of hydrogen-bond acceptors (Lipinski definition) is 0. The van der Waals surface area contributed by atoms with Gasteiger partial charge >= 0.3 is 37.9 Å². The summed E-state index contributed by atoms with van der Waals surface area (Å²) in [7, 11) is 9.87. The number of fused-ring (bicyclic) bond motifs is 9. The minimum absolute atomic E-state index is 0. The molecule has 0 spiro atoms. The average Bonchev–Trinajstić information content (AvgIpc) is 4.21. The summed E-state index contributed by atoms with van der Waals surface area (Å²) in [5, 5.41) is 0. The molecule has 68 heavy (non-hydrogen) atoms. The quantitative estimate of drug-likeness (QED) is 0.268. The first-order valence-electron chi connectivity index (χ1n) is 25.0. The van der Waals surface area contributed by atoms with Gasteiger partial charge in [0.05, 0.1) is 0 Å². The number of halogens is 2. The van der Waals surface area contributed by atoms with E-state index < -0.39 is 20.8 Å². The Balaban J connectivity index is 0.000000152. The van der Waals surface area contributed by atoms with Crippen molar-refractivity contribution in [2.24, 2.45) is 70.0 Å². The Labute approximate surface area is 432 Å². The SMILES string of the molecule is C1=CC2CC3C=CC=CC3C2C=C1.CC(C)(C1=CCC=C1)C1c2ccccc2-c2ccccc21.CC(C)(C1CCCC1)C1C2C=CC=CC2C2C=CC=CC21.CC(C)=C1C=CC=C1.[CH3-].[CH3-].[Cl][Zr+2][Cl]. The van der Waals surface area contributed by atoms with Crippen molar-refractivity contribution in [1.82, 2.24) is 0 Å². The van der Waals surface area contributed by atoms with Gasteiger partial charge in [-0.25, -0.2) is 0 Å². The topological polar surface area (TPSA) is 0 Å². The fraction of sp³-hybridized carbons (Fsp3) is 0.385. The molecule has 3 saturated carbocycles. The molecule has 10 aliphatic carbocycles. The van der Waals surface area contributed by atoms with Crippen LogP contribution in [-0.2, 0) is 20.8 Å². The molecule has 0 aromatic heterocycles. The van der Waals surface area contributed by atoms with E-state index in [1.807, 2.05) is 0 Å². The normalized spacial score (nSPS) is 28.6. The van der Waals surface area contributed by atoms with Crippen LogP contribution in [0.3, 0.4) is 0 Å². The van der Waals surface area contributed by atoms with Crippen LogP contribution in [0.4, 0.5) is 0 Å². The van der Waals surface area contributed by atoms with E-state index in [0.29, 0.717) is 11.3 Å². The second kappa shape index (κ2) is 24.6. The molecule has 8 atom stereocenters. The molecule has 0 amide bonds. The molecule has 0 aliphatic heterocycles. The number of allylic oxidation sites excluding steroid dienone is 26. The molecule has 2 aromatic carbocycles. The molecule has 0 N–H and O–H groups in total. The van der Waals surface area contributed by atoms with Gasteiger partial charge in [-0.1, -0.05) is 234 Å². The Morgan fingerprint density at radius 3 is 1.40 bits per heavy atom. The second-order valence-electron chi connectivity index (χ2n) is 21.3. The first-order chi connectivity index (χ1) is 32.1. The molecule has 0 saturated heterocycles. The monoisotopic (exact) mass is 1020 g/mol. The summed E-state index contributed by atoms with van der Waals surface area (Å²) >= 11 is -0.826. The van der Waals surface area contributed by atoms with Crippen LogP contribution in [0.2, 0.25) is 0 Å². The van der Waals surface area contributed by atoms with Crippen molar-refractivity contribution in [1.29, 1.82) is 0 Å². The molecule has 8 unspecified atom stereocenters. The van der Waals surface area contributed by atoms with Gasteiger partial charge in [-0.3, -0.25) is 0 Å². The zero-order valence-corrected chi connectivity index (χ0v) is 46.2. The molecule has 10 aliphatic rings.